The number of thiazole rings is 1. The summed E-state index contributed by atoms with van der Waals surface area (Å²) < 4.78 is 1.59. The molecule has 1 unspecified atom stereocenters. The number of carboxylic acid groups (broad SMARTS) is 1. The highest BCUT2D eigenvalue weighted by Crippen LogP contribution is 2.19. The van der Waals surface area contributed by atoms with Crippen LogP contribution in [-0.4, -0.2) is 39.0 Å². The predicted octanol–water partition coefficient (Wildman–Crippen LogP) is 0.992. The zero-order chi connectivity index (χ0) is 14.9. The van der Waals surface area contributed by atoms with Gasteiger partial charge in [0.1, 0.15) is 6.04 Å². The van der Waals surface area contributed by atoms with Gasteiger partial charge in [0.05, 0.1) is 0 Å². The Hall–Kier alpha value is -1.63. The predicted molar refractivity (Wildman–Crippen MR) is 75.0 cm³/mol. The van der Waals surface area contributed by atoms with Gasteiger partial charge in [0, 0.05) is 30.1 Å². The van der Waals surface area contributed by atoms with Crippen molar-refractivity contribution in [3.8, 4) is 0 Å². The Balaban J connectivity index is 2.02. The van der Waals surface area contributed by atoms with Gasteiger partial charge in [-0.05, 0) is 26.7 Å². The van der Waals surface area contributed by atoms with Gasteiger partial charge >= 0.3 is 10.8 Å². The van der Waals surface area contributed by atoms with Crippen LogP contribution >= 0.6 is 11.3 Å². The largest absolute Gasteiger partial charge is 0.480 e. The molecule has 1 amide bonds. The highest BCUT2D eigenvalue weighted by molar-refractivity contribution is 7.09. The minimum absolute atomic E-state index is 0.0657. The summed E-state index contributed by atoms with van der Waals surface area (Å²) in [5, 5.41) is 9.06. The van der Waals surface area contributed by atoms with E-state index in [0.29, 0.717) is 19.5 Å². The molecule has 1 N–H and O–H groups in total. The monoisotopic (exact) mass is 298 g/mol. The van der Waals surface area contributed by atoms with Crippen LogP contribution in [-0.2, 0) is 16.1 Å². The summed E-state index contributed by atoms with van der Waals surface area (Å²) in [5.74, 6) is -1.14. The van der Waals surface area contributed by atoms with E-state index in [-0.39, 0.29) is 17.2 Å². The smallest absolute Gasteiger partial charge is 0.326 e. The minimum Gasteiger partial charge on any atom is -0.480 e. The molecule has 1 aliphatic heterocycles. The second-order valence-electron chi connectivity index (χ2n) is 4.99. The van der Waals surface area contributed by atoms with E-state index in [1.165, 1.54) is 16.2 Å². The van der Waals surface area contributed by atoms with Crippen molar-refractivity contribution in [2.45, 2.75) is 45.7 Å². The number of aryl methyl sites for hydroxylation is 1. The van der Waals surface area contributed by atoms with Crippen LogP contribution < -0.4 is 4.87 Å². The van der Waals surface area contributed by atoms with Crippen LogP contribution in [0.4, 0.5) is 0 Å². The Labute approximate surface area is 120 Å². The molecule has 6 nitrogen and oxygen atoms in total. The molecule has 7 heteroatoms. The van der Waals surface area contributed by atoms with E-state index in [9.17, 15) is 14.4 Å². The normalized spacial score (nSPS) is 18.5. The van der Waals surface area contributed by atoms with Gasteiger partial charge in [-0.2, -0.15) is 0 Å². The topological polar surface area (TPSA) is 79.6 Å². The fourth-order valence-corrected chi connectivity index (χ4v) is 3.38. The summed E-state index contributed by atoms with van der Waals surface area (Å²) >= 11 is 1.17. The van der Waals surface area contributed by atoms with Crippen molar-refractivity contribution in [1.82, 2.24) is 9.47 Å². The lowest BCUT2D eigenvalue weighted by molar-refractivity contribution is -0.148. The first-order valence-electron chi connectivity index (χ1n) is 6.61. The molecular weight excluding hydrogens is 280 g/mol. The van der Waals surface area contributed by atoms with Crippen molar-refractivity contribution in [3.63, 3.8) is 0 Å². The number of likely N-dealkylation sites (tertiary alicyclic amines) is 1. The summed E-state index contributed by atoms with van der Waals surface area (Å²) in [5.41, 5.74) is 0.879. The number of hydrogen-bond acceptors (Lipinski definition) is 4. The number of amides is 1. The third-order valence-corrected chi connectivity index (χ3v) is 4.78. The molecule has 1 aliphatic rings. The van der Waals surface area contributed by atoms with E-state index in [0.717, 1.165) is 17.0 Å². The molecular formula is C13H18N2O4S. The molecule has 0 aliphatic carbocycles. The standard InChI is InChI=1S/C13H18N2O4S/c1-8-9(2)20-13(19)14(8)7-5-11(16)15-6-3-4-10(15)12(17)18/h10H,3-7H2,1-2H3,(H,17,18). The SMILES string of the molecule is Cc1sc(=O)n(CCC(=O)N2CCCC2C(=O)O)c1C. The van der Waals surface area contributed by atoms with Crippen molar-refractivity contribution in [1.29, 1.82) is 0 Å². The molecule has 1 fully saturated rings. The van der Waals surface area contributed by atoms with Crippen molar-refractivity contribution in [2.75, 3.05) is 6.54 Å². The number of carboxylic acids is 1. The lowest BCUT2D eigenvalue weighted by atomic mass is 10.2. The van der Waals surface area contributed by atoms with Crippen LogP contribution in [0.5, 0.6) is 0 Å². The molecule has 1 aromatic heterocycles. The lowest BCUT2D eigenvalue weighted by Gasteiger charge is -2.21. The van der Waals surface area contributed by atoms with Gasteiger partial charge in [0.2, 0.25) is 5.91 Å². The van der Waals surface area contributed by atoms with Gasteiger partial charge in [-0.25, -0.2) is 4.79 Å². The van der Waals surface area contributed by atoms with Gasteiger partial charge in [-0.3, -0.25) is 9.59 Å². The maximum Gasteiger partial charge on any atom is 0.326 e. The van der Waals surface area contributed by atoms with Crippen LogP contribution in [0, 0.1) is 13.8 Å². The molecule has 0 saturated carbocycles. The van der Waals surface area contributed by atoms with Crippen LogP contribution in [0.3, 0.4) is 0 Å². The highest BCUT2D eigenvalue weighted by atomic mass is 32.1. The Kier molecular flexibility index (Phi) is 4.27. The summed E-state index contributed by atoms with van der Waals surface area (Å²) in [6.07, 6.45) is 1.40. The van der Waals surface area contributed by atoms with Crippen molar-refractivity contribution in [2.24, 2.45) is 0 Å². The number of carbonyl (C=O) groups excluding carboxylic acids is 1. The van der Waals surface area contributed by atoms with Crippen molar-refractivity contribution >= 4 is 23.2 Å². The first-order valence-corrected chi connectivity index (χ1v) is 7.42. The lowest BCUT2D eigenvalue weighted by Crippen LogP contribution is -2.40. The Morgan fingerprint density at radius 2 is 2.10 bits per heavy atom. The first-order chi connectivity index (χ1) is 9.41. The van der Waals surface area contributed by atoms with E-state index in [1.54, 1.807) is 4.57 Å². The molecule has 0 aromatic carbocycles. The van der Waals surface area contributed by atoms with Gasteiger partial charge in [-0.1, -0.05) is 11.3 Å². The zero-order valence-electron chi connectivity index (χ0n) is 11.6. The van der Waals surface area contributed by atoms with Gasteiger partial charge < -0.3 is 14.6 Å². The molecule has 1 atom stereocenters. The van der Waals surface area contributed by atoms with Crippen LogP contribution in [0.1, 0.15) is 29.8 Å². The Morgan fingerprint density at radius 1 is 1.40 bits per heavy atom. The summed E-state index contributed by atoms with van der Waals surface area (Å²) in [6, 6.07) is -0.704. The number of rotatable bonds is 4. The first kappa shape index (κ1) is 14.8. The maximum atomic E-state index is 12.1. The zero-order valence-corrected chi connectivity index (χ0v) is 12.4. The average Bonchev–Trinajstić information content (AvgIpc) is 2.95. The second kappa shape index (κ2) is 5.78. The molecule has 1 saturated heterocycles. The number of nitrogens with zero attached hydrogens (tertiary/aromatic N) is 2. The second-order valence-corrected chi connectivity index (χ2v) is 6.16. The van der Waals surface area contributed by atoms with Crippen LogP contribution in [0.2, 0.25) is 0 Å². The molecule has 110 valence electrons. The highest BCUT2D eigenvalue weighted by Gasteiger charge is 2.33. The third-order valence-electron chi connectivity index (χ3n) is 3.78. The van der Waals surface area contributed by atoms with Gasteiger partial charge in [0.25, 0.3) is 0 Å². The minimum atomic E-state index is -0.949. The molecule has 0 spiro atoms. The molecule has 2 heterocycles. The summed E-state index contributed by atoms with van der Waals surface area (Å²) in [6.45, 7) is 4.54. The van der Waals surface area contributed by atoms with Crippen LogP contribution in [0.25, 0.3) is 0 Å². The van der Waals surface area contributed by atoms with Crippen LogP contribution in [0.15, 0.2) is 4.79 Å². The number of hydrogen-bond donors (Lipinski definition) is 1. The van der Waals surface area contributed by atoms with Crippen molar-refractivity contribution < 1.29 is 14.7 Å². The fraction of sp³-hybridized carbons (Fsp3) is 0.615. The van der Waals surface area contributed by atoms with Gasteiger partial charge in [0.15, 0.2) is 0 Å². The number of aliphatic carboxylic acids is 1. The number of aromatic nitrogens is 1. The molecule has 0 radical (unpaired) electrons. The molecule has 2 rings (SSSR count). The van der Waals surface area contributed by atoms with E-state index in [4.69, 9.17) is 5.11 Å². The Bertz CT molecular complexity index is 590. The Morgan fingerprint density at radius 3 is 2.65 bits per heavy atom. The van der Waals surface area contributed by atoms with E-state index < -0.39 is 12.0 Å². The average molecular weight is 298 g/mol. The summed E-state index contributed by atoms with van der Waals surface area (Å²) in [4.78, 5) is 37.2. The van der Waals surface area contributed by atoms with E-state index in [1.807, 2.05) is 13.8 Å². The fourth-order valence-electron chi connectivity index (χ4n) is 2.52. The molecule has 20 heavy (non-hydrogen) atoms. The van der Waals surface area contributed by atoms with E-state index in [2.05, 4.69) is 0 Å². The third kappa shape index (κ3) is 2.77. The van der Waals surface area contributed by atoms with Gasteiger partial charge in [-0.15, -0.1) is 0 Å². The molecule has 0 bridgehead atoms. The quantitative estimate of drug-likeness (QED) is 0.899. The van der Waals surface area contributed by atoms with Crippen molar-refractivity contribution in [3.05, 3.63) is 20.2 Å². The summed E-state index contributed by atoms with van der Waals surface area (Å²) in [7, 11) is 0. The molecule has 1 aromatic rings. The number of carbonyl (C=O) groups is 2. The maximum absolute atomic E-state index is 12.1. The van der Waals surface area contributed by atoms with E-state index >= 15 is 0 Å².